The van der Waals surface area contributed by atoms with Gasteiger partial charge in [0.2, 0.25) is 0 Å². The van der Waals surface area contributed by atoms with Crippen LogP contribution >= 0.6 is 11.3 Å². The molecule has 0 aliphatic carbocycles. The van der Waals surface area contributed by atoms with Gasteiger partial charge in [0.25, 0.3) is 0 Å². The number of hydrogen-bond donors (Lipinski definition) is 2. The minimum absolute atomic E-state index is 0.124. The van der Waals surface area contributed by atoms with Crippen LogP contribution in [0.3, 0.4) is 0 Å². The first kappa shape index (κ1) is 21.6. The monoisotopic (exact) mass is 425 g/mol. The van der Waals surface area contributed by atoms with Crippen LogP contribution in [0.2, 0.25) is 0 Å². The highest BCUT2D eigenvalue weighted by Crippen LogP contribution is 2.30. The number of nitrogens with one attached hydrogen (secondary N) is 2. The Morgan fingerprint density at radius 2 is 2.03 bits per heavy atom. The lowest BCUT2D eigenvalue weighted by Crippen LogP contribution is -2.39. The summed E-state index contributed by atoms with van der Waals surface area (Å²) >= 11 is 0.978. The highest BCUT2D eigenvalue weighted by atomic mass is 32.1. The largest absolute Gasteiger partial charge is 0.434 e. The molecule has 1 aliphatic rings. The van der Waals surface area contributed by atoms with E-state index in [9.17, 15) is 13.2 Å². The van der Waals surface area contributed by atoms with E-state index in [0.29, 0.717) is 17.5 Å². The number of hydrogen-bond acceptors (Lipinski definition) is 4. The van der Waals surface area contributed by atoms with E-state index in [4.69, 9.17) is 0 Å². The molecule has 1 aromatic heterocycles. The Morgan fingerprint density at radius 3 is 2.76 bits per heavy atom. The third-order valence-corrected chi connectivity index (χ3v) is 5.55. The standard InChI is InChI=1S/C20H26F3N5S/c1-2-24-19(26-12-18-27-17(14-29-18)20(21,22)23)25-9-5-10-28-11-8-15-6-3-4-7-16(15)13-28/h3-4,6-7,14H,2,5,8-13H2,1H3,(H2,24,25,26). The first-order chi connectivity index (χ1) is 14.0. The van der Waals surface area contributed by atoms with Gasteiger partial charge in [-0.2, -0.15) is 13.2 Å². The number of nitrogens with zero attached hydrogens (tertiary/aromatic N) is 3. The molecular weight excluding hydrogens is 399 g/mol. The lowest BCUT2D eigenvalue weighted by Gasteiger charge is -2.28. The second-order valence-corrected chi connectivity index (χ2v) is 7.84. The van der Waals surface area contributed by atoms with E-state index < -0.39 is 11.9 Å². The third-order valence-electron chi connectivity index (χ3n) is 4.71. The van der Waals surface area contributed by atoms with Crippen molar-refractivity contribution >= 4 is 17.3 Å². The van der Waals surface area contributed by atoms with Crippen LogP contribution in [0.25, 0.3) is 0 Å². The molecule has 1 aliphatic heterocycles. The van der Waals surface area contributed by atoms with Crippen LogP contribution in [0.4, 0.5) is 13.2 Å². The summed E-state index contributed by atoms with van der Waals surface area (Å²) in [6, 6.07) is 8.57. The normalized spacial score (nSPS) is 15.2. The van der Waals surface area contributed by atoms with Crippen LogP contribution in [-0.4, -0.2) is 42.0 Å². The smallest absolute Gasteiger partial charge is 0.357 e. The zero-order valence-electron chi connectivity index (χ0n) is 16.4. The van der Waals surface area contributed by atoms with Crippen molar-refractivity contribution in [3.63, 3.8) is 0 Å². The number of aromatic nitrogens is 1. The third kappa shape index (κ3) is 6.43. The van der Waals surface area contributed by atoms with E-state index in [1.807, 2.05) is 6.92 Å². The number of thiazole rings is 1. The topological polar surface area (TPSA) is 52.6 Å². The van der Waals surface area contributed by atoms with E-state index in [1.54, 1.807) is 0 Å². The zero-order chi connectivity index (χ0) is 20.7. The summed E-state index contributed by atoms with van der Waals surface area (Å²) in [7, 11) is 0. The molecule has 2 aromatic rings. The lowest BCUT2D eigenvalue weighted by atomic mass is 10.00. The maximum Gasteiger partial charge on any atom is 0.434 e. The molecule has 0 fully saturated rings. The summed E-state index contributed by atoms with van der Waals surface area (Å²) in [5, 5.41) is 7.75. The van der Waals surface area contributed by atoms with Gasteiger partial charge in [-0.15, -0.1) is 11.3 Å². The predicted molar refractivity (Wildman–Crippen MR) is 110 cm³/mol. The highest BCUT2D eigenvalue weighted by molar-refractivity contribution is 7.09. The maximum absolute atomic E-state index is 12.6. The van der Waals surface area contributed by atoms with Gasteiger partial charge in [0, 0.05) is 38.1 Å². The molecule has 158 valence electrons. The van der Waals surface area contributed by atoms with Crippen molar-refractivity contribution in [3.8, 4) is 0 Å². The average Bonchev–Trinajstić information content (AvgIpc) is 3.19. The molecule has 0 amide bonds. The fourth-order valence-electron chi connectivity index (χ4n) is 3.26. The number of halogens is 3. The summed E-state index contributed by atoms with van der Waals surface area (Å²) in [6.45, 7) is 6.54. The van der Waals surface area contributed by atoms with Gasteiger partial charge in [-0.3, -0.25) is 4.90 Å². The molecule has 0 unspecified atom stereocenters. The Balaban J connectivity index is 1.43. The minimum atomic E-state index is -4.41. The Hall–Kier alpha value is -2.13. The highest BCUT2D eigenvalue weighted by Gasteiger charge is 2.33. The second-order valence-electron chi connectivity index (χ2n) is 6.89. The van der Waals surface area contributed by atoms with Crippen LogP contribution in [0.5, 0.6) is 0 Å². The van der Waals surface area contributed by atoms with Gasteiger partial charge in [-0.25, -0.2) is 9.98 Å². The summed E-state index contributed by atoms with van der Waals surface area (Å²) in [5.41, 5.74) is 2.00. The summed E-state index contributed by atoms with van der Waals surface area (Å²) in [5.74, 6) is 0.597. The molecule has 0 saturated carbocycles. The molecule has 0 radical (unpaired) electrons. The Bertz CT molecular complexity index is 818. The van der Waals surface area contributed by atoms with Crippen LogP contribution in [0.15, 0.2) is 34.6 Å². The van der Waals surface area contributed by atoms with Crippen molar-refractivity contribution in [2.24, 2.45) is 4.99 Å². The molecular formula is C20H26F3N5S. The summed E-state index contributed by atoms with van der Waals surface area (Å²) < 4.78 is 37.9. The first-order valence-electron chi connectivity index (χ1n) is 9.78. The van der Waals surface area contributed by atoms with Gasteiger partial charge in [0.1, 0.15) is 5.01 Å². The van der Waals surface area contributed by atoms with E-state index in [0.717, 1.165) is 55.7 Å². The van der Waals surface area contributed by atoms with E-state index in [-0.39, 0.29) is 6.54 Å². The average molecular weight is 426 g/mol. The van der Waals surface area contributed by atoms with Crippen molar-refractivity contribution in [3.05, 3.63) is 51.5 Å². The number of aliphatic imine (C=N–C) groups is 1. The molecule has 2 N–H and O–H groups in total. The molecule has 5 nitrogen and oxygen atoms in total. The van der Waals surface area contributed by atoms with Crippen LogP contribution in [0.1, 0.15) is 35.2 Å². The Labute approximate surface area is 173 Å². The SMILES string of the molecule is CCNC(=NCc1nc(C(F)(F)F)cs1)NCCCN1CCc2ccccc2C1. The van der Waals surface area contributed by atoms with Gasteiger partial charge in [-0.1, -0.05) is 24.3 Å². The second kappa shape index (κ2) is 10.1. The first-order valence-corrected chi connectivity index (χ1v) is 10.7. The molecule has 3 rings (SSSR count). The van der Waals surface area contributed by atoms with Crippen molar-refractivity contribution in [2.45, 2.75) is 39.0 Å². The molecule has 0 saturated heterocycles. The molecule has 1 aromatic carbocycles. The Kier molecular flexibility index (Phi) is 7.49. The van der Waals surface area contributed by atoms with Crippen LogP contribution < -0.4 is 10.6 Å². The fraction of sp³-hybridized carbons (Fsp3) is 0.500. The summed E-state index contributed by atoms with van der Waals surface area (Å²) in [6.07, 6.45) is -2.36. The van der Waals surface area contributed by atoms with Crippen LogP contribution in [-0.2, 0) is 25.7 Å². The number of benzene rings is 1. The van der Waals surface area contributed by atoms with Gasteiger partial charge in [0.05, 0.1) is 6.54 Å². The fourth-order valence-corrected chi connectivity index (χ4v) is 3.98. The van der Waals surface area contributed by atoms with E-state index in [1.165, 1.54) is 11.1 Å². The molecule has 2 heterocycles. The maximum atomic E-state index is 12.6. The van der Waals surface area contributed by atoms with Gasteiger partial charge in [0.15, 0.2) is 11.7 Å². The van der Waals surface area contributed by atoms with Gasteiger partial charge in [-0.05, 0) is 30.9 Å². The van der Waals surface area contributed by atoms with Crippen molar-refractivity contribution in [2.75, 3.05) is 26.2 Å². The van der Waals surface area contributed by atoms with Crippen molar-refractivity contribution < 1.29 is 13.2 Å². The van der Waals surface area contributed by atoms with Gasteiger partial charge >= 0.3 is 6.18 Å². The van der Waals surface area contributed by atoms with E-state index >= 15 is 0 Å². The zero-order valence-corrected chi connectivity index (χ0v) is 17.2. The number of fused-ring (bicyclic) bond motifs is 1. The molecule has 29 heavy (non-hydrogen) atoms. The van der Waals surface area contributed by atoms with Crippen molar-refractivity contribution in [1.82, 2.24) is 20.5 Å². The number of rotatable bonds is 7. The summed E-state index contributed by atoms with van der Waals surface area (Å²) in [4.78, 5) is 10.4. The molecule has 0 atom stereocenters. The van der Waals surface area contributed by atoms with Crippen LogP contribution in [0, 0.1) is 0 Å². The van der Waals surface area contributed by atoms with Crippen molar-refractivity contribution in [1.29, 1.82) is 0 Å². The quantitative estimate of drug-likeness (QED) is 0.404. The number of alkyl halides is 3. The molecule has 0 bridgehead atoms. The molecule has 9 heteroatoms. The number of guanidine groups is 1. The minimum Gasteiger partial charge on any atom is -0.357 e. The molecule has 0 spiro atoms. The van der Waals surface area contributed by atoms with E-state index in [2.05, 4.69) is 49.8 Å². The van der Waals surface area contributed by atoms with Gasteiger partial charge < -0.3 is 10.6 Å². The predicted octanol–water partition coefficient (Wildman–Crippen LogP) is 3.67. The Morgan fingerprint density at radius 1 is 1.24 bits per heavy atom. The lowest BCUT2D eigenvalue weighted by molar-refractivity contribution is -0.140.